The predicted molar refractivity (Wildman–Crippen MR) is 69.3 cm³/mol. The van der Waals surface area contributed by atoms with Crippen molar-refractivity contribution in [2.75, 3.05) is 6.54 Å². The number of hydrogen-bond donors (Lipinski definition) is 4. The van der Waals surface area contributed by atoms with Gasteiger partial charge in [0.15, 0.2) is 0 Å². The van der Waals surface area contributed by atoms with Gasteiger partial charge < -0.3 is 10.6 Å². The molecule has 0 aliphatic carbocycles. The van der Waals surface area contributed by atoms with E-state index in [1.807, 2.05) is 0 Å². The highest BCUT2D eigenvalue weighted by Crippen LogP contribution is 2.28. The van der Waals surface area contributed by atoms with E-state index < -0.39 is 0 Å². The number of carbonyl (C=O) groups is 1. The number of piperidine rings is 1. The Labute approximate surface area is 104 Å². The molecule has 17 heavy (non-hydrogen) atoms. The van der Waals surface area contributed by atoms with Crippen LogP contribution in [0.1, 0.15) is 47.0 Å². The third-order valence-electron chi connectivity index (χ3n) is 3.14. The summed E-state index contributed by atoms with van der Waals surface area (Å²) >= 11 is 0. The highest BCUT2D eigenvalue weighted by molar-refractivity contribution is 5.75. The zero-order valence-corrected chi connectivity index (χ0v) is 11.4. The summed E-state index contributed by atoms with van der Waals surface area (Å²) in [5.74, 6) is 4.92. The van der Waals surface area contributed by atoms with Crippen molar-refractivity contribution in [1.29, 1.82) is 0 Å². The van der Waals surface area contributed by atoms with Crippen LogP contribution in [0.3, 0.4) is 0 Å². The first kappa shape index (κ1) is 14.4. The van der Waals surface area contributed by atoms with Gasteiger partial charge in [-0.2, -0.15) is 0 Å². The first-order valence-electron chi connectivity index (χ1n) is 6.26. The second-order valence-corrected chi connectivity index (χ2v) is 6.27. The molecule has 0 radical (unpaired) electrons. The van der Waals surface area contributed by atoms with Crippen LogP contribution in [0.15, 0.2) is 0 Å². The molecule has 0 atom stereocenters. The maximum Gasteiger partial charge on any atom is 0.235 e. The van der Waals surface area contributed by atoms with Crippen LogP contribution >= 0.6 is 0 Å². The fourth-order valence-electron chi connectivity index (χ4n) is 2.93. The standard InChI is InChI=1S/C12H26N4O/c1-11(2)7-9(8-12(3,4)16-11)14-6-5-10(17)15-13/h9,14,16H,5-8,13H2,1-4H3,(H,15,17). The van der Waals surface area contributed by atoms with E-state index >= 15 is 0 Å². The molecule has 0 saturated carbocycles. The van der Waals surface area contributed by atoms with E-state index in [0.717, 1.165) is 12.8 Å². The highest BCUT2D eigenvalue weighted by Gasteiger charge is 2.37. The summed E-state index contributed by atoms with van der Waals surface area (Å²) < 4.78 is 0. The van der Waals surface area contributed by atoms with Crippen LogP contribution in [0.5, 0.6) is 0 Å². The van der Waals surface area contributed by atoms with Crippen molar-refractivity contribution in [3.8, 4) is 0 Å². The summed E-state index contributed by atoms with van der Waals surface area (Å²) in [6.45, 7) is 9.55. The van der Waals surface area contributed by atoms with Crippen molar-refractivity contribution in [2.45, 2.75) is 64.1 Å². The molecule has 5 N–H and O–H groups in total. The molecule has 1 aliphatic heterocycles. The summed E-state index contributed by atoms with van der Waals surface area (Å²) in [6.07, 6.45) is 2.57. The molecule has 1 heterocycles. The lowest BCUT2D eigenvalue weighted by Crippen LogP contribution is -2.61. The molecule has 0 spiro atoms. The van der Waals surface area contributed by atoms with Crippen LogP contribution in [0.25, 0.3) is 0 Å². The average Bonchev–Trinajstić information content (AvgIpc) is 2.12. The van der Waals surface area contributed by atoms with Crippen molar-refractivity contribution in [3.05, 3.63) is 0 Å². The zero-order valence-electron chi connectivity index (χ0n) is 11.4. The first-order chi connectivity index (χ1) is 7.74. The Kier molecular flexibility index (Phi) is 4.52. The Morgan fingerprint density at radius 2 is 1.82 bits per heavy atom. The fraction of sp³-hybridized carbons (Fsp3) is 0.917. The second kappa shape index (κ2) is 5.33. The molecule has 1 aliphatic rings. The first-order valence-corrected chi connectivity index (χ1v) is 6.26. The van der Waals surface area contributed by atoms with E-state index in [2.05, 4.69) is 43.8 Å². The van der Waals surface area contributed by atoms with E-state index in [9.17, 15) is 4.79 Å². The second-order valence-electron chi connectivity index (χ2n) is 6.27. The maximum absolute atomic E-state index is 11.0. The Morgan fingerprint density at radius 3 is 2.29 bits per heavy atom. The van der Waals surface area contributed by atoms with Crippen LogP contribution in [-0.2, 0) is 4.79 Å². The van der Waals surface area contributed by atoms with Crippen LogP contribution in [-0.4, -0.2) is 29.6 Å². The molecule has 1 amide bonds. The van der Waals surface area contributed by atoms with Crippen molar-refractivity contribution in [2.24, 2.45) is 5.84 Å². The van der Waals surface area contributed by atoms with Crippen molar-refractivity contribution >= 4 is 5.91 Å². The maximum atomic E-state index is 11.0. The third kappa shape index (κ3) is 5.02. The van der Waals surface area contributed by atoms with Crippen LogP contribution in [0.2, 0.25) is 0 Å². The van der Waals surface area contributed by atoms with E-state index in [-0.39, 0.29) is 17.0 Å². The van der Waals surface area contributed by atoms with Crippen LogP contribution < -0.4 is 21.9 Å². The number of rotatable bonds is 4. The molecule has 1 fully saturated rings. The van der Waals surface area contributed by atoms with E-state index in [4.69, 9.17) is 5.84 Å². The number of hydrazine groups is 1. The summed E-state index contributed by atoms with van der Waals surface area (Å²) in [6, 6.07) is 0.451. The van der Waals surface area contributed by atoms with Crippen molar-refractivity contribution in [1.82, 2.24) is 16.1 Å². The average molecular weight is 242 g/mol. The van der Waals surface area contributed by atoms with Crippen LogP contribution in [0, 0.1) is 0 Å². The minimum absolute atomic E-state index is 0.120. The summed E-state index contributed by atoms with van der Waals surface area (Å²) in [5.41, 5.74) is 2.41. The number of carbonyl (C=O) groups excluding carboxylic acids is 1. The molecule has 0 unspecified atom stereocenters. The van der Waals surface area contributed by atoms with Gasteiger partial charge in [-0.05, 0) is 40.5 Å². The molecule has 100 valence electrons. The lowest BCUT2D eigenvalue weighted by atomic mass is 9.79. The van der Waals surface area contributed by atoms with Gasteiger partial charge in [0.05, 0.1) is 0 Å². The largest absolute Gasteiger partial charge is 0.313 e. The lowest BCUT2D eigenvalue weighted by molar-refractivity contribution is -0.121. The van der Waals surface area contributed by atoms with E-state index in [0.29, 0.717) is 19.0 Å². The molecule has 0 aromatic carbocycles. The van der Waals surface area contributed by atoms with Gasteiger partial charge in [0.2, 0.25) is 5.91 Å². The van der Waals surface area contributed by atoms with Gasteiger partial charge in [-0.1, -0.05) is 0 Å². The van der Waals surface area contributed by atoms with Gasteiger partial charge in [0, 0.05) is 30.1 Å². The van der Waals surface area contributed by atoms with Gasteiger partial charge in [-0.25, -0.2) is 5.84 Å². The van der Waals surface area contributed by atoms with Gasteiger partial charge in [0.25, 0.3) is 0 Å². The summed E-state index contributed by atoms with van der Waals surface area (Å²) in [5, 5.41) is 7.07. The zero-order chi connectivity index (χ0) is 13.1. The van der Waals surface area contributed by atoms with Crippen molar-refractivity contribution < 1.29 is 4.79 Å². The normalized spacial score (nSPS) is 23.4. The van der Waals surface area contributed by atoms with Gasteiger partial charge in [0.1, 0.15) is 0 Å². The Bertz CT molecular complexity index is 260. The number of amides is 1. The molecule has 5 heteroatoms. The van der Waals surface area contributed by atoms with Crippen LogP contribution in [0.4, 0.5) is 0 Å². The molecule has 1 saturated heterocycles. The molecular weight excluding hydrogens is 216 g/mol. The Balaban J connectivity index is 2.40. The summed E-state index contributed by atoms with van der Waals surface area (Å²) in [7, 11) is 0. The molecule has 0 aromatic rings. The topological polar surface area (TPSA) is 79.2 Å². The third-order valence-corrected chi connectivity index (χ3v) is 3.14. The highest BCUT2D eigenvalue weighted by atomic mass is 16.2. The summed E-state index contributed by atoms with van der Waals surface area (Å²) in [4.78, 5) is 11.0. The Morgan fingerprint density at radius 1 is 1.29 bits per heavy atom. The quantitative estimate of drug-likeness (QED) is 0.324. The minimum Gasteiger partial charge on any atom is -0.313 e. The molecular formula is C12H26N4O. The Hall–Kier alpha value is -0.650. The number of nitrogens with two attached hydrogens (primary N) is 1. The monoisotopic (exact) mass is 242 g/mol. The molecule has 1 rings (SSSR count). The van der Waals surface area contributed by atoms with Gasteiger partial charge in [-0.15, -0.1) is 0 Å². The fourth-order valence-corrected chi connectivity index (χ4v) is 2.93. The van der Waals surface area contributed by atoms with E-state index in [1.54, 1.807) is 0 Å². The lowest BCUT2D eigenvalue weighted by Gasteiger charge is -2.46. The molecule has 5 nitrogen and oxygen atoms in total. The van der Waals surface area contributed by atoms with E-state index in [1.165, 1.54) is 0 Å². The van der Waals surface area contributed by atoms with Gasteiger partial charge >= 0.3 is 0 Å². The number of nitrogens with one attached hydrogen (secondary N) is 3. The minimum atomic E-state index is -0.120. The van der Waals surface area contributed by atoms with Gasteiger partial charge in [-0.3, -0.25) is 10.2 Å². The smallest absolute Gasteiger partial charge is 0.235 e. The number of hydrogen-bond acceptors (Lipinski definition) is 4. The SMILES string of the molecule is CC1(C)CC(NCCC(=O)NN)CC(C)(C)N1. The molecule has 0 aromatic heterocycles. The predicted octanol–water partition coefficient (Wildman–Crippen LogP) is 0.265. The van der Waals surface area contributed by atoms with Crippen molar-refractivity contribution in [3.63, 3.8) is 0 Å². The molecule has 0 bridgehead atoms.